The SMILES string of the molecule is CC1=CC2(O)OC2(C)C=C1O. The Morgan fingerprint density at radius 2 is 2.09 bits per heavy atom. The Bertz CT molecular complexity index is 251. The molecule has 3 nitrogen and oxygen atoms in total. The Hall–Kier alpha value is -0.800. The number of rotatable bonds is 0. The maximum atomic E-state index is 9.54. The van der Waals surface area contributed by atoms with E-state index >= 15 is 0 Å². The molecule has 1 saturated heterocycles. The van der Waals surface area contributed by atoms with Crippen LogP contribution in [0.5, 0.6) is 0 Å². The Morgan fingerprint density at radius 1 is 1.45 bits per heavy atom. The minimum absolute atomic E-state index is 0.190. The standard InChI is InChI=1S/C8H10O3/c1-5-3-8(10)7(2,11-8)4-6(5)9/h3-4,9-10H,1-2H3. The third-order valence-electron chi connectivity index (χ3n) is 2.27. The summed E-state index contributed by atoms with van der Waals surface area (Å²) < 4.78 is 5.04. The van der Waals surface area contributed by atoms with Crippen molar-refractivity contribution >= 4 is 0 Å². The van der Waals surface area contributed by atoms with E-state index in [-0.39, 0.29) is 5.76 Å². The Labute approximate surface area is 64.6 Å². The van der Waals surface area contributed by atoms with E-state index in [0.717, 1.165) is 0 Å². The van der Waals surface area contributed by atoms with Crippen molar-refractivity contribution in [1.29, 1.82) is 0 Å². The van der Waals surface area contributed by atoms with Gasteiger partial charge in [0.2, 0.25) is 5.79 Å². The van der Waals surface area contributed by atoms with Crippen LogP contribution in [-0.2, 0) is 4.74 Å². The number of hydrogen-bond donors (Lipinski definition) is 2. The molecule has 0 spiro atoms. The molecule has 2 atom stereocenters. The van der Waals surface area contributed by atoms with E-state index < -0.39 is 11.4 Å². The van der Waals surface area contributed by atoms with Crippen LogP contribution in [0, 0.1) is 0 Å². The van der Waals surface area contributed by atoms with Gasteiger partial charge in [-0.1, -0.05) is 0 Å². The van der Waals surface area contributed by atoms with Gasteiger partial charge in [0, 0.05) is 0 Å². The normalized spacial score (nSPS) is 47.5. The van der Waals surface area contributed by atoms with Gasteiger partial charge < -0.3 is 14.9 Å². The zero-order valence-electron chi connectivity index (χ0n) is 6.46. The average molecular weight is 154 g/mol. The molecule has 11 heavy (non-hydrogen) atoms. The highest BCUT2D eigenvalue weighted by atomic mass is 16.7. The molecule has 1 heterocycles. The van der Waals surface area contributed by atoms with Crippen LogP contribution < -0.4 is 0 Å². The summed E-state index contributed by atoms with van der Waals surface area (Å²) in [6.07, 6.45) is 3.06. The number of allylic oxidation sites excluding steroid dienone is 1. The number of aliphatic hydroxyl groups is 2. The van der Waals surface area contributed by atoms with Crippen molar-refractivity contribution in [3.05, 3.63) is 23.5 Å². The molecule has 0 aromatic heterocycles. The molecule has 60 valence electrons. The average Bonchev–Trinajstić information content (AvgIpc) is 2.33. The van der Waals surface area contributed by atoms with Gasteiger partial charge in [0.15, 0.2) is 0 Å². The molecule has 2 rings (SSSR count). The Kier molecular flexibility index (Phi) is 0.949. The molecule has 3 heteroatoms. The Balaban J connectivity index is 2.44. The summed E-state index contributed by atoms with van der Waals surface area (Å²) in [7, 11) is 0. The van der Waals surface area contributed by atoms with Crippen LogP contribution in [0.3, 0.4) is 0 Å². The van der Waals surface area contributed by atoms with E-state index in [1.54, 1.807) is 13.8 Å². The monoisotopic (exact) mass is 154 g/mol. The lowest BCUT2D eigenvalue weighted by Crippen LogP contribution is -2.22. The third kappa shape index (κ3) is 0.695. The van der Waals surface area contributed by atoms with Gasteiger partial charge in [-0.05, 0) is 31.6 Å². The molecule has 1 aliphatic heterocycles. The second-order valence-corrected chi connectivity index (χ2v) is 3.26. The molecule has 0 saturated carbocycles. The fourth-order valence-corrected chi connectivity index (χ4v) is 1.35. The topological polar surface area (TPSA) is 53.0 Å². The van der Waals surface area contributed by atoms with E-state index in [0.29, 0.717) is 5.57 Å². The number of hydrogen-bond acceptors (Lipinski definition) is 3. The summed E-state index contributed by atoms with van der Waals surface area (Å²) in [5.74, 6) is -0.974. The van der Waals surface area contributed by atoms with Crippen LogP contribution in [0.25, 0.3) is 0 Å². The smallest absolute Gasteiger partial charge is 0.220 e. The maximum absolute atomic E-state index is 9.54. The highest BCUT2D eigenvalue weighted by molar-refractivity contribution is 5.41. The minimum Gasteiger partial charge on any atom is -0.508 e. The zero-order chi connectivity index (χ0) is 8.28. The van der Waals surface area contributed by atoms with Crippen molar-refractivity contribution in [2.24, 2.45) is 0 Å². The van der Waals surface area contributed by atoms with Gasteiger partial charge in [0.25, 0.3) is 0 Å². The molecule has 0 aromatic rings. The summed E-state index contributed by atoms with van der Waals surface area (Å²) in [5, 5.41) is 18.8. The van der Waals surface area contributed by atoms with Crippen molar-refractivity contribution in [3.63, 3.8) is 0 Å². The van der Waals surface area contributed by atoms with E-state index in [1.807, 2.05) is 0 Å². The van der Waals surface area contributed by atoms with E-state index in [9.17, 15) is 10.2 Å². The fourth-order valence-electron chi connectivity index (χ4n) is 1.35. The second kappa shape index (κ2) is 1.52. The summed E-state index contributed by atoms with van der Waals surface area (Å²) >= 11 is 0. The fraction of sp³-hybridized carbons (Fsp3) is 0.500. The molecule has 0 aromatic carbocycles. The lowest BCUT2D eigenvalue weighted by atomic mass is 9.95. The molecule has 2 N–H and O–H groups in total. The van der Waals surface area contributed by atoms with Gasteiger partial charge >= 0.3 is 0 Å². The minimum atomic E-state index is -1.16. The van der Waals surface area contributed by atoms with Crippen LogP contribution in [0.1, 0.15) is 13.8 Å². The van der Waals surface area contributed by atoms with Gasteiger partial charge in [-0.15, -0.1) is 0 Å². The lowest BCUT2D eigenvalue weighted by Gasteiger charge is -2.11. The number of ether oxygens (including phenoxy) is 1. The summed E-state index contributed by atoms with van der Waals surface area (Å²) in [6.45, 7) is 3.46. The summed E-state index contributed by atoms with van der Waals surface area (Å²) in [6, 6.07) is 0. The first-order valence-electron chi connectivity index (χ1n) is 3.51. The van der Waals surface area contributed by atoms with Crippen LogP contribution in [0.2, 0.25) is 0 Å². The van der Waals surface area contributed by atoms with Crippen LogP contribution >= 0.6 is 0 Å². The van der Waals surface area contributed by atoms with Crippen molar-refractivity contribution in [2.75, 3.05) is 0 Å². The lowest BCUT2D eigenvalue weighted by molar-refractivity contribution is 0.0815. The number of fused-ring (bicyclic) bond motifs is 1. The number of aliphatic hydroxyl groups excluding tert-OH is 1. The molecule has 1 aliphatic carbocycles. The molecular formula is C8H10O3. The number of epoxide rings is 1. The molecule has 0 radical (unpaired) electrons. The largest absolute Gasteiger partial charge is 0.508 e. The first-order valence-corrected chi connectivity index (χ1v) is 3.51. The Morgan fingerprint density at radius 3 is 2.64 bits per heavy atom. The van der Waals surface area contributed by atoms with Crippen LogP contribution in [0.15, 0.2) is 23.5 Å². The molecule has 0 bridgehead atoms. The van der Waals surface area contributed by atoms with Gasteiger partial charge in [-0.3, -0.25) is 0 Å². The van der Waals surface area contributed by atoms with Crippen molar-refractivity contribution < 1.29 is 14.9 Å². The quantitative estimate of drug-likeness (QED) is 0.509. The first-order chi connectivity index (χ1) is 4.97. The van der Waals surface area contributed by atoms with Gasteiger partial charge in [-0.25, -0.2) is 0 Å². The van der Waals surface area contributed by atoms with Crippen LogP contribution in [-0.4, -0.2) is 21.6 Å². The van der Waals surface area contributed by atoms with Gasteiger partial charge in [0.05, 0.1) is 0 Å². The second-order valence-electron chi connectivity index (χ2n) is 3.26. The van der Waals surface area contributed by atoms with Gasteiger partial charge in [-0.2, -0.15) is 0 Å². The van der Waals surface area contributed by atoms with Crippen LogP contribution in [0.4, 0.5) is 0 Å². The predicted molar refractivity (Wildman–Crippen MR) is 38.9 cm³/mol. The third-order valence-corrected chi connectivity index (χ3v) is 2.27. The maximum Gasteiger partial charge on any atom is 0.220 e. The molecule has 2 aliphatic rings. The summed E-state index contributed by atoms with van der Waals surface area (Å²) in [5.41, 5.74) is -0.0428. The van der Waals surface area contributed by atoms with Crippen molar-refractivity contribution in [3.8, 4) is 0 Å². The molecule has 1 fully saturated rings. The molecular weight excluding hydrogens is 144 g/mol. The predicted octanol–water partition coefficient (Wildman–Crippen LogP) is 0.866. The zero-order valence-corrected chi connectivity index (χ0v) is 6.46. The van der Waals surface area contributed by atoms with Crippen molar-refractivity contribution in [1.82, 2.24) is 0 Å². The van der Waals surface area contributed by atoms with E-state index in [2.05, 4.69) is 0 Å². The highest BCUT2D eigenvalue weighted by Gasteiger charge is 2.65. The molecule has 0 amide bonds. The summed E-state index contributed by atoms with van der Waals surface area (Å²) in [4.78, 5) is 0. The van der Waals surface area contributed by atoms with E-state index in [4.69, 9.17) is 4.74 Å². The highest BCUT2D eigenvalue weighted by Crippen LogP contribution is 2.51. The first kappa shape index (κ1) is 6.88. The van der Waals surface area contributed by atoms with Crippen molar-refractivity contribution in [2.45, 2.75) is 25.2 Å². The van der Waals surface area contributed by atoms with Gasteiger partial charge in [0.1, 0.15) is 11.4 Å². The van der Waals surface area contributed by atoms with E-state index in [1.165, 1.54) is 12.2 Å². The molecule has 2 unspecified atom stereocenters.